The second-order valence-corrected chi connectivity index (χ2v) is 5.78. The van der Waals surface area contributed by atoms with Crippen LogP contribution in [0.2, 0.25) is 0 Å². The number of hydrogen-bond acceptors (Lipinski definition) is 3. The first-order valence-corrected chi connectivity index (χ1v) is 7.10. The molecule has 0 spiro atoms. The van der Waals surface area contributed by atoms with E-state index in [2.05, 4.69) is 4.37 Å². The molecular weight excluding hydrogens is 246 g/mol. The van der Waals surface area contributed by atoms with Gasteiger partial charge in [0.15, 0.2) is 0 Å². The smallest absolute Gasteiger partial charge is 0.315 e. The van der Waals surface area contributed by atoms with Gasteiger partial charge in [0.2, 0.25) is 0 Å². The second kappa shape index (κ2) is 4.35. The van der Waals surface area contributed by atoms with Crippen molar-refractivity contribution in [2.75, 3.05) is 0 Å². The van der Waals surface area contributed by atoms with Crippen molar-refractivity contribution >= 4 is 27.6 Å². The highest BCUT2D eigenvalue weighted by Crippen LogP contribution is 2.42. The van der Waals surface area contributed by atoms with E-state index in [-0.39, 0.29) is 0 Å². The number of hydrogen-bond donors (Lipinski definition) is 1. The molecule has 94 valence electrons. The summed E-state index contributed by atoms with van der Waals surface area (Å²) in [5, 5.41) is 10.7. The van der Waals surface area contributed by atoms with Gasteiger partial charge in [-0.25, -0.2) is 0 Å². The monoisotopic (exact) mass is 261 g/mol. The molecule has 0 radical (unpaired) electrons. The third-order valence-corrected chi connectivity index (χ3v) is 4.77. The summed E-state index contributed by atoms with van der Waals surface area (Å²) in [5.74, 6) is -0.710. The molecular formula is C14H15NO2S. The van der Waals surface area contributed by atoms with Crippen LogP contribution in [-0.2, 0) is 10.2 Å². The van der Waals surface area contributed by atoms with Crippen LogP contribution in [-0.4, -0.2) is 15.4 Å². The number of nitrogens with zero attached hydrogens (tertiary/aromatic N) is 1. The van der Waals surface area contributed by atoms with Crippen LogP contribution in [0.25, 0.3) is 10.1 Å². The van der Waals surface area contributed by atoms with Gasteiger partial charge in [-0.2, -0.15) is 4.37 Å². The maximum Gasteiger partial charge on any atom is 0.315 e. The van der Waals surface area contributed by atoms with E-state index in [0.29, 0.717) is 0 Å². The van der Waals surface area contributed by atoms with Crippen molar-refractivity contribution in [1.82, 2.24) is 4.37 Å². The highest BCUT2D eigenvalue weighted by molar-refractivity contribution is 7.13. The Labute approximate surface area is 110 Å². The number of fused-ring (bicyclic) bond motifs is 1. The maximum absolute atomic E-state index is 11.8. The minimum Gasteiger partial charge on any atom is -0.481 e. The molecule has 2 aromatic rings. The topological polar surface area (TPSA) is 50.2 Å². The zero-order chi connectivity index (χ0) is 12.6. The molecule has 0 saturated heterocycles. The van der Waals surface area contributed by atoms with Gasteiger partial charge in [-0.05, 0) is 30.4 Å². The SMILES string of the molecule is O=C(O)C1(c2nsc3ccccc23)CCCCC1. The Kier molecular flexibility index (Phi) is 2.82. The summed E-state index contributed by atoms with van der Waals surface area (Å²) in [4.78, 5) is 11.8. The van der Waals surface area contributed by atoms with E-state index in [9.17, 15) is 9.90 Å². The maximum atomic E-state index is 11.8. The molecule has 1 saturated carbocycles. The average molecular weight is 261 g/mol. The summed E-state index contributed by atoms with van der Waals surface area (Å²) in [7, 11) is 0. The Balaban J connectivity index is 2.18. The summed E-state index contributed by atoms with van der Waals surface area (Å²) in [6.07, 6.45) is 4.54. The predicted octanol–water partition coefficient (Wildman–Crippen LogP) is 3.58. The van der Waals surface area contributed by atoms with Crippen molar-refractivity contribution in [2.45, 2.75) is 37.5 Å². The van der Waals surface area contributed by atoms with Gasteiger partial charge in [0.05, 0.1) is 10.4 Å². The van der Waals surface area contributed by atoms with Crippen molar-refractivity contribution in [2.24, 2.45) is 0 Å². The first kappa shape index (κ1) is 11.7. The number of rotatable bonds is 2. The summed E-state index contributed by atoms with van der Waals surface area (Å²) >= 11 is 1.41. The number of carboxylic acid groups (broad SMARTS) is 1. The highest BCUT2D eigenvalue weighted by atomic mass is 32.1. The molecule has 18 heavy (non-hydrogen) atoms. The fourth-order valence-corrected chi connectivity index (χ4v) is 3.80. The van der Waals surface area contributed by atoms with E-state index in [1.807, 2.05) is 24.3 Å². The predicted molar refractivity (Wildman–Crippen MR) is 72.0 cm³/mol. The molecule has 1 aromatic heterocycles. The minimum absolute atomic E-state index is 0.710. The van der Waals surface area contributed by atoms with Crippen molar-refractivity contribution in [3.05, 3.63) is 30.0 Å². The zero-order valence-corrected chi connectivity index (χ0v) is 10.9. The Morgan fingerprint density at radius 2 is 1.94 bits per heavy atom. The van der Waals surface area contributed by atoms with E-state index in [4.69, 9.17) is 0 Å². The molecule has 1 heterocycles. The standard InChI is InChI=1S/C14H15NO2S/c16-13(17)14(8-4-1-5-9-14)12-10-6-2-3-7-11(10)18-15-12/h2-3,6-7H,1,4-5,8-9H2,(H,16,17). The van der Waals surface area contributed by atoms with E-state index < -0.39 is 11.4 Å². The van der Waals surface area contributed by atoms with Crippen LogP contribution in [0.5, 0.6) is 0 Å². The van der Waals surface area contributed by atoms with Crippen LogP contribution >= 0.6 is 11.5 Å². The van der Waals surface area contributed by atoms with Crippen LogP contribution < -0.4 is 0 Å². The molecule has 0 amide bonds. The number of carboxylic acids is 1. The van der Waals surface area contributed by atoms with Crippen molar-refractivity contribution in [3.63, 3.8) is 0 Å². The third kappa shape index (κ3) is 1.63. The molecule has 4 heteroatoms. The number of benzene rings is 1. The molecule has 1 aliphatic carbocycles. The van der Waals surface area contributed by atoms with Gasteiger partial charge in [-0.1, -0.05) is 37.5 Å². The largest absolute Gasteiger partial charge is 0.481 e. The lowest BCUT2D eigenvalue weighted by Gasteiger charge is -2.31. The van der Waals surface area contributed by atoms with Gasteiger partial charge < -0.3 is 5.11 Å². The van der Waals surface area contributed by atoms with Crippen molar-refractivity contribution in [1.29, 1.82) is 0 Å². The van der Waals surface area contributed by atoms with Gasteiger partial charge in [0.25, 0.3) is 0 Å². The molecule has 1 aliphatic rings. The Morgan fingerprint density at radius 3 is 2.67 bits per heavy atom. The minimum atomic E-state index is -0.752. The Bertz CT molecular complexity index is 584. The van der Waals surface area contributed by atoms with Crippen LogP contribution in [0.1, 0.15) is 37.8 Å². The molecule has 1 aromatic carbocycles. The number of aromatic nitrogens is 1. The van der Waals surface area contributed by atoms with Gasteiger partial charge in [0.1, 0.15) is 5.41 Å². The molecule has 0 aliphatic heterocycles. The molecule has 3 nitrogen and oxygen atoms in total. The Morgan fingerprint density at radius 1 is 1.22 bits per heavy atom. The van der Waals surface area contributed by atoms with Gasteiger partial charge in [-0.3, -0.25) is 4.79 Å². The normalized spacial score (nSPS) is 18.9. The van der Waals surface area contributed by atoms with Crippen LogP contribution in [0.3, 0.4) is 0 Å². The van der Waals surface area contributed by atoms with E-state index in [0.717, 1.165) is 47.9 Å². The summed E-state index contributed by atoms with van der Waals surface area (Å²) in [6.45, 7) is 0. The quantitative estimate of drug-likeness (QED) is 0.898. The van der Waals surface area contributed by atoms with Crippen LogP contribution in [0.15, 0.2) is 24.3 Å². The van der Waals surface area contributed by atoms with E-state index in [1.165, 1.54) is 11.5 Å². The molecule has 1 N–H and O–H groups in total. The summed E-state index contributed by atoms with van der Waals surface area (Å²) in [5.41, 5.74) is 0.0352. The highest BCUT2D eigenvalue weighted by Gasteiger charge is 2.44. The second-order valence-electron chi connectivity index (χ2n) is 4.98. The van der Waals surface area contributed by atoms with Gasteiger partial charge in [-0.15, -0.1) is 0 Å². The van der Waals surface area contributed by atoms with Crippen LogP contribution in [0.4, 0.5) is 0 Å². The number of carbonyl (C=O) groups is 1. The summed E-state index contributed by atoms with van der Waals surface area (Å²) in [6, 6.07) is 7.93. The molecule has 0 unspecified atom stereocenters. The molecule has 0 atom stereocenters. The van der Waals surface area contributed by atoms with Crippen LogP contribution in [0, 0.1) is 0 Å². The lowest BCUT2D eigenvalue weighted by Crippen LogP contribution is -2.38. The average Bonchev–Trinajstić information content (AvgIpc) is 2.83. The Hall–Kier alpha value is -1.42. The zero-order valence-electron chi connectivity index (χ0n) is 10.1. The van der Waals surface area contributed by atoms with E-state index in [1.54, 1.807) is 0 Å². The van der Waals surface area contributed by atoms with Crippen molar-refractivity contribution in [3.8, 4) is 0 Å². The fourth-order valence-electron chi connectivity index (χ4n) is 2.94. The lowest BCUT2D eigenvalue weighted by atomic mass is 9.71. The fraction of sp³-hybridized carbons (Fsp3) is 0.429. The molecule has 1 fully saturated rings. The molecule has 0 bridgehead atoms. The van der Waals surface area contributed by atoms with Gasteiger partial charge >= 0.3 is 5.97 Å². The first-order valence-electron chi connectivity index (χ1n) is 6.32. The first-order chi connectivity index (χ1) is 8.74. The lowest BCUT2D eigenvalue weighted by molar-refractivity contribution is -0.145. The molecule has 3 rings (SSSR count). The third-order valence-electron chi connectivity index (χ3n) is 3.95. The van der Waals surface area contributed by atoms with Gasteiger partial charge in [0, 0.05) is 5.39 Å². The number of aliphatic carboxylic acids is 1. The van der Waals surface area contributed by atoms with Crippen molar-refractivity contribution < 1.29 is 9.90 Å². The summed E-state index contributed by atoms with van der Waals surface area (Å²) < 4.78 is 5.56. The van der Waals surface area contributed by atoms with E-state index >= 15 is 0 Å².